The van der Waals surface area contributed by atoms with Crippen molar-refractivity contribution in [2.45, 2.75) is 24.7 Å². The summed E-state index contributed by atoms with van der Waals surface area (Å²) in [7, 11) is -3.94. The van der Waals surface area contributed by atoms with Crippen LogP contribution in [0.25, 0.3) is 22.4 Å². The molecule has 0 saturated heterocycles. The number of aromatic nitrogens is 2. The predicted molar refractivity (Wildman–Crippen MR) is 114 cm³/mol. The van der Waals surface area contributed by atoms with E-state index in [2.05, 4.69) is 4.98 Å². The van der Waals surface area contributed by atoms with Crippen LogP contribution in [-0.2, 0) is 21.2 Å². The molecule has 0 aliphatic carbocycles. The zero-order valence-electron chi connectivity index (χ0n) is 16.0. The maximum atomic E-state index is 13.5. The van der Waals surface area contributed by atoms with Crippen molar-refractivity contribution in [2.75, 3.05) is 0 Å². The van der Waals surface area contributed by atoms with Gasteiger partial charge in [0.1, 0.15) is 5.76 Å². The van der Waals surface area contributed by atoms with E-state index in [0.29, 0.717) is 38.8 Å². The minimum absolute atomic E-state index is 0.0140. The Balaban J connectivity index is 1.99. The van der Waals surface area contributed by atoms with E-state index in [1.807, 2.05) is 0 Å². The molecular formula is C21H18ClN3O4S. The molecule has 4 aromatic rings. The van der Waals surface area contributed by atoms with Crippen LogP contribution in [0.3, 0.4) is 0 Å². The third-order valence-electron chi connectivity index (χ3n) is 4.68. The summed E-state index contributed by atoms with van der Waals surface area (Å²) in [5, 5.41) is 0.992. The highest BCUT2D eigenvalue weighted by atomic mass is 35.5. The number of primary amides is 1. The van der Waals surface area contributed by atoms with E-state index < -0.39 is 15.9 Å². The van der Waals surface area contributed by atoms with Crippen LogP contribution >= 0.6 is 11.6 Å². The first-order valence-electron chi connectivity index (χ1n) is 9.13. The summed E-state index contributed by atoms with van der Waals surface area (Å²) in [4.78, 5) is 15.7. The molecule has 7 nitrogen and oxygen atoms in total. The molecule has 0 aliphatic heterocycles. The second kappa shape index (κ2) is 7.62. The predicted octanol–water partition coefficient (Wildman–Crippen LogP) is 3.91. The first kappa shape index (κ1) is 20.2. The maximum absolute atomic E-state index is 13.5. The van der Waals surface area contributed by atoms with Gasteiger partial charge in [0.05, 0.1) is 27.2 Å². The highest BCUT2D eigenvalue weighted by Gasteiger charge is 2.24. The number of oxazole rings is 1. The number of benzene rings is 2. The summed E-state index contributed by atoms with van der Waals surface area (Å²) in [6.45, 7) is 1.76. The molecule has 2 N–H and O–H groups in total. The number of rotatable bonds is 6. The normalized spacial score (nSPS) is 11.8. The lowest BCUT2D eigenvalue weighted by molar-refractivity contribution is -0.118. The molecule has 2 heterocycles. The van der Waals surface area contributed by atoms with Gasteiger partial charge in [-0.1, -0.05) is 29.8 Å². The van der Waals surface area contributed by atoms with Crippen LogP contribution in [-0.4, -0.2) is 23.3 Å². The first-order chi connectivity index (χ1) is 14.3. The maximum Gasteiger partial charge on any atom is 0.268 e. The van der Waals surface area contributed by atoms with Gasteiger partial charge in [-0.15, -0.1) is 0 Å². The number of nitrogens with two attached hydrogens (primary N) is 1. The number of amides is 1. The Hall–Kier alpha value is -3.10. The summed E-state index contributed by atoms with van der Waals surface area (Å²) in [6, 6.07) is 13.1. The van der Waals surface area contributed by atoms with Crippen LogP contribution in [0.1, 0.15) is 17.9 Å². The molecule has 0 fully saturated rings. The van der Waals surface area contributed by atoms with Crippen molar-refractivity contribution >= 4 is 38.4 Å². The third-order valence-corrected chi connectivity index (χ3v) is 6.77. The second-order valence-electron chi connectivity index (χ2n) is 6.85. The van der Waals surface area contributed by atoms with Crippen LogP contribution in [0.15, 0.2) is 64.0 Å². The van der Waals surface area contributed by atoms with Gasteiger partial charge in [-0.3, -0.25) is 4.79 Å². The zero-order chi connectivity index (χ0) is 21.5. The number of aryl methyl sites for hydroxylation is 2. The lowest BCUT2D eigenvalue weighted by Crippen LogP contribution is -2.18. The van der Waals surface area contributed by atoms with Crippen LogP contribution in [0, 0.1) is 6.92 Å². The van der Waals surface area contributed by atoms with E-state index in [4.69, 9.17) is 21.8 Å². The SMILES string of the molecule is Cc1cnc(-c2cc3c(cc2Cl)cc(CCC(N)=O)n3S(=O)(=O)c2ccccc2)o1. The van der Waals surface area contributed by atoms with Crippen molar-refractivity contribution in [3.8, 4) is 11.5 Å². The Labute approximate surface area is 178 Å². The summed E-state index contributed by atoms with van der Waals surface area (Å²) in [5.74, 6) is 0.386. The average molecular weight is 444 g/mol. The average Bonchev–Trinajstić information content (AvgIpc) is 3.29. The second-order valence-corrected chi connectivity index (χ2v) is 9.05. The summed E-state index contributed by atoms with van der Waals surface area (Å²) < 4.78 is 33.8. The highest BCUT2D eigenvalue weighted by molar-refractivity contribution is 7.90. The van der Waals surface area contributed by atoms with Gasteiger partial charge in [-0.05, 0) is 43.7 Å². The number of hydrogen-bond acceptors (Lipinski definition) is 5. The van der Waals surface area contributed by atoms with Gasteiger partial charge >= 0.3 is 0 Å². The third kappa shape index (κ3) is 3.59. The molecule has 2 aromatic carbocycles. The molecule has 9 heteroatoms. The summed E-state index contributed by atoms with van der Waals surface area (Å²) in [6.07, 6.45) is 1.75. The van der Waals surface area contributed by atoms with Gasteiger partial charge in [0.25, 0.3) is 10.0 Å². The summed E-state index contributed by atoms with van der Waals surface area (Å²) in [5.41, 5.74) is 6.61. The van der Waals surface area contributed by atoms with Crippen molar-refractivity contribution in [2.24, 2.45) is 5.73 Å². The summed E-state index contributed by atoms with van der Waals surface area (Å²) >= 11 is 6.43. The monoisotopic (exact) mass is 443 g/mol. The quantitative estimate of drug-likeness (QED) is 0.486. The number of hydrogen-bond donors (Lipinski definition) is 1. The van der Waals surface area contributed by atoms with E-state index >= 15 is 0 Å². The Morgan fingerprint density at radius 3 is 2.57 bits per heavy atom. The molecule has 4 rings (SSSR count). The van der Waals surface area contributed by atoms with Gasteiger partial charge < -0.3 is 10.2 Å². The molecule has 0 bridgehead atoms. The van der Waals surface area contributed by atoms with E-state index in [9.17, 15) is 13.2 Å². The molecule has 0 spiro atoms. The van der Waals surface area contributed by atoms with Gasteiger partial charge in [0.15, 0.2) is 0 Å². The largest absolute Gasteiger partial charge is 0.441 e. The van der Waals surface area contributed by atoms with Crippen molar-refractivity contribution in [1.29, 1.82) is 0 Å². The first-order valence-corrected chi connectivity index (χ1v) is 10.9. The molecule has 0 atom stereocenters. The Kier molecular flexibility index (Phi) is 5.13. The lowest BCUT2D eigenvalue weighted by Gasteiger charge is -2.12. The molecule has 1 amide bonds. The van der Waals surface area contributed by atoms with Gasteiger partial charge in [-0.25, -0.2) is 17.4 Å². The van der Waals surface area contributed by atoms with E-state index in [0.717, 1.165) is 0 Å². The smallest absolute Gasteiger partial charge is 0.268 e. The van der Waals surface area contributed by atoms with Crippen molar-refractivity contribution in [1.82, 2.24) is 8.96 Å². The van der Waals surface area contributed by atoms with Crippen LogP contribution in [0.2, 0.25) is 5.02 Å². The molecule has 2 aromatic heterocycles. The molecule has 0 aliphatic rings. The topological polar surface area (TPSA) is 108 Å². The minimum atomic E-state index is -3.94. The van der Waals surface area contributed by atoms with Crippen molar-refractivity contribution in [3.63, 3.8) is 0 Å². The Bertz CT molecular complexity index is 1360. The molecule has 0 saturated carbocycles. The number of fused-ring (bicyclic) bond motifs is 1. The van der Waals surface area contributed by atoms with Crippen LogP contribution < -0.4 is 5.73 Å². The van der Waals surface area contributed by atoms with E-state index in [1.54, 1.807) is 49.5 Å². The number of halogens is 1. The number of carbonyl (C=O) groups is 1. The van der Waals surface area contributed by atoms with Crippen LogP contribution in [0.5, 0.6) is 0 Å². The van der Waals surface area contributed by atoms with Gasteiger partial charge in [-0.2, -0.15) is 0 Å². The van der Waals surface area contributed by atoms with Crippen molar-refractivity contribution < 1.29 is 17.6 Å². The van der Waals surface area contributed by atoms with E-state index in [-0.39, 0.29) is 17.7 Å². The molecular weight excluding hydrogens is 426 g/mol. The Morgan fingerprint density at radius 2 is 1.93 bits per heavy atom. The lowest BCUT2D eigenvalue weighted by atomic mass is 10.1. The van der Waals surface area contributed by atoms with Crippen LogP contribution in [0.4, 0.5) is 0 Å². The molecule has 0 unspecified atom stereocenters. The standard InChI is InChI=1S/C21H18ClN3O4S/c1-13-12-24-21(29-13)17-11-19-14(10-18(17)22)9-15(7-8-20(23)26)25(19)30(27,28)16-5-3-2-4-6-16/h2-6,9-12H,7-8H2,1H3,(H2,23,26). The number of carbonyl (C=O) groups excluding carboxylic acids is 1. The fraction of sp³-hybridized carbons (Fsp3) is 0.143. The minimum Gasteiger partial charge on any atom is -0.441 e. The molecule has 30 heavy (non-hydrogen) atoms. The zero-order valence-corrected chi connectivity index (χ0v) is 17.6. The van der Waals surface area contributed by atoms with Gasteiger partial charge in [0.2, 0.25) is 11.8 Å². The van der Waals surface area contributed by atoms with Crippen molar-refractivity contribution in [3.05, 3.63) is 71.2 Å². The van der Waals surface area contributed by atoms with Gasteiger partial charge in [0, 0.05) is 17.5 Å². The highest BCUT2D eigenvalue weighted by Crippen LogP contribution is 2.35. The molecule has 154 valence electrons. The Morgan fingerprint density at radius 1 is 1.20 bits per heavy atom. The van der Waals surface area contributed by atoms with E-state index in [1.165, 1.54) is 16.1 Å². The fourth-order valence-electron chi connectivity index (χ4n) is 3.31. The fourth-order valence-corrected chi connectivity index (χ4v) is 5.15. The number of nitrogens with zero attached hydrogens (tertiary/aromatic N) is 2. The molecule has 0 radical (unpaired) electrons.